The van der Waals surface area contributed by atoms with Crippen molar-refractivity contribution in [3.63, 3.8) is 0 Å². The monoisotopic (exact) mass is 628 g/mol. The number of aromatic nitrogens is 2. The third-order valence-corrected chi connectivity index (χ3v) is 10.9. The first-order valence-electron chi connectivity index (χ1n) is 16.1. The van der Waals surface area contributed by atoms with E-state index >= 15 is 8.78 Å². The molecule has 0 spiro atoms. The lowest BCUT2D eigenvalue weighted by Crippen LogP contribution is -2.56. The Kier molecular flexibility index (Phi) is 6.98. The number of halogens is 3. The standard InChI is InChI=1S/C35H35F3N6O2/c1-3-29(45)44-11-10-42(18-22(44)16-39-2)33-27-14-28(37)30(24-7-4-6-23-25-12-20(25)13-26(23)24)31(38)32(27)40-34(41-33)46-19-35-8-5-9-43(35)17-21(36)15-35/h3-4,6-7,14,20-22,25H,1,5,8-13,15-19H2/t20?,21-,22+,25?,35+/m1/s1. The highest BCUT2D eigenvalue weighted by Crippen LogP contribution is 2.58. The summed E-state index contributed by atoms with van der Waals surface area (Å²) in [5.41, 5.74) is 2.10. The molecule has 2 aromatic carbocycles. The van der Waals surface area contributed by atoms with Crippen LogP contribution in [0.25, 0.3) is 26.9 Å². The summed E-state index contributed by atoms with van der Waals surface area (Å²) < 4.78 is 53.6. The number of nitrogens with zero attached hydrogens (tertiary/aromatic N) is 6. The van der Waals surface area contributed by atoms with E-state index in [2.05, 4.69) is 27.4 Å². The highest BCUT2D eigenvalue weighted by molar-refractivity contribution is 5.94. The number of hydrogen-bond acceptors (Lipinski definition) is 6. The molecule has 1 aromatic heterocycles. The Labute approximate surface area is 265 Å². The fraction of sp³-hybridized carbons (Fsp3) is 0.486. The molecule has 5 atom stereocenters. The van der Waals surface area contributed by atoms with E-state index < -0.39 is 29.4 Å². The minimum absolute atomic E-state index is 0.0547. The number of carbonyl (C=O) groups excluding carboxylic acids is 1. The number of hydrogen-bond donors (Lipinski definition) is 0. The van der Waals surface area contributed by atoms with E-state index in [1.165, 1.54) is 17.7 Å². The van der Waals surface area contributed by atoms with Gasteiger partial charge in [-0.2, -0.15) is 9.97 Å². The van der Waals surface area contributed by atoms with Gasteiger partial charge in [0.05, 0.1) is 11.1 Å². The molecular weight excluding hydrogens is 593 g/mol. The molecule has 2 aliphatic carbocycles. The number of amides is 1. The van der Waals surface area contributed by atoms with E-state index in [4.69, 9.17) is 16.3 Å². The van der Waals surface area contributed by atoms with Gasteiger partial charge >= 0.3 is 6.01 Å². The molecule has 4 heterocycles. The second-order valence-electron chi connectivity index (χ2n) is 13.5. The molecule has 0 bridgehead atoms. The summed E-state index contributed by atoms with van der Waals surface area (Å²) in [5.74, 6) is -0.458. The van der Waals surface area contributed by atoms with Crippen LogP contribution in [0.15, 0.2) is 36.9 Å². The summed E-state index contributed by atoms with van der Waals surface area (Å²) in [7, 11) is 0. The molecule has 3 aromatic rings. The van der Waals surface area contributed by atoms with Gasteiger partial charge in [-0.15, -0.1) is 0 Å². The number of carbonyl (C=O) groups is 1. The van der Waals surface area contributed by atoms with Crippen LogP contribution in [0.2, 0.25) is 0 Å². The van der Waals surface area contributed by atoms with Crippen molar-refractivity contribution in [1.82, 2.24) is 19.8 Å². The Hall–Kier alpha value is -4.17. The van der Waals surface area contributed by atoms with Crippen LogP contribution in [0.3, 0.4) is 0 Å². The average molecular weight is 629 g/mol. The predicted octanol–water partition coefficient (Wildman–Crippen LogP) is 5.31. The zero-order valence-corrected chi connectivity index (χ0v) is 25.5. The first kappa shape index (κ1) is 29.2. The van der Waals surface area contributed by atoms with Gasteiger partial charge in [0, 0.05) is 38.0 Å². The molecule has 1 saturated carbocycles. The second-order valence-corrected chi connectivity index (χ2v) is 13.5. The zero-order chi connectivity index (χ0) is 31.7. The molecule has 238 valence electrons. The Morgan fingerprint density at radius 1 is 1.22 bits per heavy atom. The Morgan fingerprint density at radius 2 is 2.09 bits per heavy atom. The number of benzene rings is 2. The lowest BCUT2D eigenvalue weighted by atomic mass is 9.93. The molecule has 8 nitrogen and oxygen atoms in total. The van der Waals surface area contributed by atoms with Gasteiger partial charge in [0.25, 0.3) is 0 Å². The summed E-state index contributed by atoms with van der Waals surface area (Å²) in [5, 5.41) is 0.192. The minimum Gasteiger partial charge on any atom is -0.461 e. The molecular formula is C35H35F3N6O2. The fourth-order valence-electron chi connectivity index (χ4n) is 8.61. The number of fused-ring (bicyclic) bond motifs is 5. The van der Waals surface area contributed by atoms with Crippen molar-refractivity contribution in [1.29, 1.82) is 0 Å². The first-order chi connectivity index (χ1) is 22.3. The molecule has 3 aliphatic heterocycles. The number of ether oxygens (including phenoxy) is 1. The van der Waals surface area contributed by atoms with Crippen molar-refractivity contribution < 1.29 is 22.7 Å². The third-order valence-electron chi connectivity index (χ3n) is 10.9. The van der Waals surface area contributed by atoms with Gasteiger partial charge in [0.15, 0.2) is 5.82 Å². The smallest absolute Gasteiger partial charge is 0.319 e. The Balaban J connectivity index is 1.22. The lowest BCUT2D eigenvalue weighted by Gasteiger charge is -2.39. The quantitative estimate of drug-likeness (QED) is 0.261. The largest absolute Gasteiger partial charge is 0.461 e. The maximum Gasteiger partial charge on any atom is 0.319 e. The van der Waals surface area contributed by atoms with Crippen molar-refractivity contribution in [2.24, 2.45) is 5.92 Å². The molecule has 3 saturated heterocycles. The van der Waals surface area contributed by atoms with Gasteiger partial charge in [-0.25, -0.2) is 19.7 Å². The topological polar surface area (TPSA) is 66.2 Å². The van der Waals surface area contributed by atoms with E-state index in [1.807, 2.05) is 11.0 Å². The van der Waals surface area contributed by atoms with Gasteiger partial charge in [0.2, 0.25) is 12.5 Å². The van der Waals surface area contributed by atoms with E-state index in [0.29, 0.717) is 36.9 Å². The third kappa shape index (κ3) is 4.63. The number of alkyl halides is 1. The van der Waals surface area contributed by atoms with Crippen LogP contribution >= 0.6 is 0 Å². The van der Waals surface area contributed by atoms with Crippen LogP contribution in [0.1, 0.15) is 42.7 Å². The molecule has 1 amide bonds. The van der Waals surface area contributed by atoms with Crippen molar-refractivity contribution in [3.05, 3.63) is 71.1 Å². The van der Waals surface area contributed by atoms with Gasteiger partial charge in [-0.05, 0) is 72.9 Å². The van der Waals surface area contributed by atoms with Crippen molar-refractivity contribution >= 4 is 22.6 Å². The predicted molar refractivity (Wildman–Crippen MR) is 167 cm³/mol. The van der Waals surface area contributed by atoms with Crippen LogP contribution in [0.4, 0.5) is 19.0 Å². The molecule has 0 N–H and O–H groups in total. The zero-order valence-electron chi connectivity index (χ0n) is 25.5. The lowest BCUT2D eigenvalue weighted by molar-refractivity contribution is -0.128. The summed E-state index contributed by atoms with van der Waals surface area (Å²) in [4.78, 5) is 30.9. The van der Waals surface area contributed by atoms with Crippen molar-refractivity contribution in [3.8, 4) is 17.1 Å². The van der Waals surface area contributed by atoms with Gasteiger partial charge < -0.3 is 19.4 Å². The maximum atomic E-state index is 16.8. The van der Waals surface area contributed by atoms with Gasteiger partial charge in [-0.3, -0.25) is 9.69 Å². The highest BCUT2D eigenvalue weighted by Gasteiger charge is 2.50. The van der Waals surface area contributed by atoms with Crippen LogP contribution in [-0.4, -0.2) is 89.3 Å². The first-order valence-corrected chi connectivity index (χ1v) is 16.1. The van der Waals surface area contributed by atoms with Crippen LogP contribution in [-0.2, 0) is 11.2 Å². The van der Waals surface area contributed by atoms with E-state index in [-0.39, 0.29) is 60.4 Å². The fourth-order valence-corrected chi connectivity index (χ4v) is 8.61. The molecule has 0 radical (unpaired) electrons. The normalized spacial score (nSPS) is 28.1. The minimum atomic E-state index is -0.937. The number of rotatable bonds is 7. The van der Waals surface area contributed by atoms with E-state index in [9.17, 15) is 9.18 Å². The highest BCUT2D eigenvalue weighted by atomic mass is 19.1. The molecule has 2 unspecified atom stereocenters. The van der Waals surface area contributed by atoms with Crippen LogP contribution in [0.5, 0.6) is 6.01 Å². The van der Waals surface area contributed by atoms with Crippen molar-refractivity contribution in [2.45, 2.75) is 55.8 Å². The molecule has 46 heavy (non-hydrogen) atoms. The van der Waals surface area contributed by atoms with E-state index in [1.54, 1.807) is 11.0 Å². The number of piperazine rings is 1. The van der Waals surface area contributed by atoms with E-state index in [0.717, 1.165) is 37.8 Å². The average Bonchev–Trinajstić information content (AvgIpc) is 3.39. The summed E-state index contributed by atoms with van der Waals surface area (Å²) >= 11 is 0. The second kappa shape index (κ2) is 11.0. The van der Waals surface area contributed by atoms with Gasteiger partial charge in [0.1, 0.15) is 36.0 Å². The number of anilines is 1. The molecule has 5 aliphatic rings. The van der Waals surface area contributed by atoms with Crippen LogP contribution in [0, 0.1) is 24.1 Å². The summed E-state index contributed by atoms with van der Waals surface area (Å²) in [6.45, 7) is 13.3. The molecule has 11 heteroatoms. The Bertz CT molecular complexity index is 1810. The summed E-state index contributed by atoms with van der Waals surface area (Å²) in [6, 6.07) is 6.48. The SMILES string of the molecule is [C-]#[N+]C[C@H]1CN(c2nc(OC[C@@]34CCCN3C[C@H](F)C4)nc3c(F)c(-c4cccc5c4CC4CC54)c(F)cc23)CCN1C(=O)C=C. The maximum absolute atomic E-state index is 16.8. The molecule has 4 fully saturated rings. The van der Waals surface area contributed by atoms with Gasteiger partial charge in [-0.1, -0.05) is 24.8 Å². The molecule has 8 rings (SSSR count). The summed E-state index contributed by atoms with van der Waals surface area (Å²) in [6.07, 6.45) is 4.31. The Morgan fingerprint density at radius 3 is 2.91 bits per heavy atom. The van der Waals surface area contributed by atoms with Crippen molar-refractivity contribution in [2.75, 3.05) is 50.8 Å². The van der Waals surface area contributed by atoms with Crippen LogP contribution < -0.4 is 9.64 Å².